The van der Waals surface area contributed by atoms with E-state index in [0.717, 1.165) is 33.4 Å². The molecule has 6 aromatic carbocycles. The molecule has 8 rings (SSSR count). The molecule has 2 saturated heterocycles. The van der Waals surface area contributed by atoms with E-state index in [1.165, 1.54) is 7.11 Å². The van der Waals surface area contributed by atoms with Gasteiger partial charge >= 0.3 is 15.6 Å². The molecule has 17 heteroatoms. The van der Waals surface area contributed by atoms with Crippen LogP contribution in [0.5, 0.6) is 0 Å². The van der Waals surface area contributed by atoms with Crippen LogP contribution in [0.15, 0.2) is 182 Å². The first-order valence-electron chi connectivity index (χ1n) is 24.3. The monoisotopic (exact) mass is 1040 g/mol. The van der Waals surface area contributed by atoms with Crippen molar-refractivity contribution in [3.05, 3.63) is 215 Å². The lowest BCUT2D eigenvalue weighted by Gasteiger charge is -2.48. The van der Waals surface area contributed by atoms with E-state index in [-0.39, 0.29) is 52.9 Å². The summed E-state index contributed by atoms with van der Waals surface area (Å²) in [7, 11) is -4.56. The summed E-state index contributed by atoms with van der Waals surface area (Å²) in [6.07, 6.45) is -9.38. The van der Waals surface area contributed by atoms with Crippen LogP contribution in [0, 0.1) is 5.92 Å². The molecule has 0 unspecified atom stereocenters. The Morgan fingerprint density at radius 2 is 0.757 bits per heavy atom. The number of rotatable bonds is 26. The second-order valence-corrected chi connectivity index (χ2v) is 19.4. The highest BCUT2D eigenvalue weighted by atomic mass is 32.2. The lowest BCUT2D eigenvalue weighted by molar-refractivity contribution is -0.345. The SMILES string of the molecule is CO[C@H]1O[C@H](CO[C@@H]2O[C@H](COCc3ccccc3)[C@@H](COS(=O)(=O)C(F)(F)F)[C@H](OCc3ccccc3)[C@H]2OCc2ccccc2)[C@@H](OCc2ccccc2)[C@H](OCc2ccccc2)[C@H]1OCc1ccccc1. The van der Waals surface area contributed by atoms with Gasteiger partial charge in [0.15, 0.2) is 12.6 Å². The van der Waals surface area contributed by atoms with Gasteiger partial charge in [0.25, 0.3) is 0 Å². The van der Waals surface area contributed by atoms with Crippen molar-refractivity contribution in [2.75, 3.05) is 26.9 Å². The molecule has 0 aromatic heterocycles. The van der Waals surface area contributed by atoms with Gasteiger partial charge in [0.05, 0.1) is 71.7 Å². The molecule has 0 aliphatic carbocycles. The van der Waals surface area contributed by atoms with Crippen LogP contribution in [-0.4, -0.2) is 96.2 Å². The van der Waals surface area contributed by atoms with E-state index in [1.54, 1.807) is 0 Å². The lowest BCUT2D eigenvalue weighted by atomic mass is 9.89. The first kappa shape index (κ1) is 54.9. The quantitative estimate of drug-likeness (QED) is 0.0377. The standard InChI is InChI=1S/C57H61F3O13S/c1-63-55-54(69-37-46-30-18-7-19-31-46)52(67-35-44-26-14-5-15-27-44)51(66-34-43-24-12-4-13-25-43)49(73-55)40-70-56-53(68-36-45-28-16-6-17-29-45)50(65-33-42-22-10-3-11-23-42)47(38-71-74(61,62)57(58,59)60)48(72-56)39-64-32-41-20-8-2-9-21-41/h2-31,47-56H,32-40H2,1H3/t47-,48-,49-,50+,51-,52+,53-,54-,55+,56-/m1/s1. The second-order valence-electron chi connectivity index (χ2n) is 17.8. The molecule has 2 aliphatic heterocycles. The lowest BCUT2D eigenvalue weighted by Crippen LogP contribution is -2.63. The molecule has 2 fully saturated rings. The van der Waals surface area contributed by atoms with E-state index in [2.05, 4.69) is 0 Å². The Hall–Kier alpha value is -5.38. The van der Waals surface area contributed by atoms with Crippen LogP contribution in [0.2, 0.25) is 0 Å². The average Bonchev–Trinajstić information content (AvgIpc) is 3.43. The number of hydrogen-bond acceptors (Lipinski definition) is 13. The van der Waals surface area contributed by atoms with Crippen molar-refractivity contribution in [3.8, 4) is 0 Å². The van der Waals surface area contributed by atoms with Crippen LogP contribution in [0.25, 0.3) is 0 Å². The maximum absolute atomic E-state index is 13.9. The van der Waals surface area contributed by atoms with E-state index in [0.29, 0.717) is 0 Å². The fourth-order valence-corrected chi connectivity index (χ4v) is 9.22. The van der Waals surface area contributed by atoms with Crippen LogP contribution >= 0.6 is 0 Å². The molecule has 74 heavy (non-hydrogen) atoms. The largest absolute Gasteiger partial charge is 0.523 e. The minimum atomic E-state index is -6.07. The fourth-order valence-electron chi connectivity index (χ4n) is 8.75. The second kappa shape index (κ2) is 27.4. The third-order valence-electron chi connectivity index (χ3n) is 12.6. The van der Waals surface area contributed by atoms with Gasteiger partial charge in [-0.25, -0.2) is 0 Å². The van der Waals surface area contributed by atoms with Crippen LogP contribution in [0.3, 0.4) is 0 Å². The van der Waals surface area contributed by atoms with E-state index >= 15 is 0 Å². The Morgan fingerprint density at radius 3 is 1.16 bits per heavy atom. The molecular formula is C57H61F3O13S. The van der Waals surface area contributed by atoms with Gasteiger partial charge in [-0.05, 0) is 33.4 Å². The van der Waals surface area contributed by atoms with Gasteiger partial charge < -0.3 is 47.4 Å². The fraction of sp³-hybridized carbons (Fsp3) is 0.368. The molecule has 2 aliphatic rings. The summed E-state index contributed by atoms with van der Waals surface area (Å²) < 4.78 is 138. The number of halogens is 3. The Labute approximate surface area is 430 Å². The van der Waals surface area contributed by atoms with Crippen molar-refractivity contribution < 1.29 is 73.1 Å². The predicted octanol–water partition coefficient (Wildman–Crippen LogP) is 9.73. The topological polar surface area (TPSA) is 136 Å². The zero-order chi connectivity index (χ0) is 51.6. The minimum absolute atomic E-state index is 0.0200. The van der Waals surface area contributed by atoms with Gasteiger partial charge in [-0.2, -0.15) is 21.6 Å². The molecule has 0 N–H and O–H groups in total. The van der Waals surface area contributed by atoms with Crippen molar-refractivity contribution >= 4 is 10.1 Å². The van der Waals surface area contributed by atoms with Crippen molar-refractivity contribution in [3.63, 3.8) is 0 Å². The molecule has 10 atom stereocenters. The number of hydrogen-bond donors (Lipinski definition) is 0. The highest BCUT2D eigenvalue weighted by molar-refractivity contribution is 7.87. The summed E-state index contributed by atoms with van der Waals surface area (Å²) >= 11 is 0. The number of methoxy groups -OCH3 is 1. The molecule has 394 valence electrons. The Balaban J connectivity index is 1.15. The highest BCUT2D eigenvalue weighted by Crippen LogP contribution is 2.37. The molecule has 0 radical (unpaired) electrons. The van der Waals surface area contributed by atoms with E-state index in [9.17, 15) is 21.6 Å². The van der Waals surface area contributed by atoms with Gasteiger partial charge in [-0.1, -0.05) is 182 Å². The molecule has 2 heterocycles. The first-order valence-corrected chi connectivity index (χ1v) is 25.8. The maximum Gasteiger partial charge on any atom is 0.523 e. The average molecular weight is 1040 g/mol. The van der Waals surface area contributed by atoms with Crippen LogP contribution in [0.1, 0.15) is 33.4 Å². The molecule has 0 bridgehead atoms. The van der Waals surface area contributed by atoms with E-state index in [4.69, 9.17) is 51.6 Å². The molecule has 0 saturated carbocycles. The van der Waals surface area contributed by atoms with Crippen molar-refractivity contribution in [1.82, 2.24) is 0 Å². The van der Waals surface area contributed by atoms with Crippen molar-refractivity contribution in [1.29, 1.82) is 0 Å². The smallest absolute Gasteiger partial charge is 0.374 e. The van der Waals surface area contributed by atoms with Gasteiger partial charge in [-0.15, -0.1) is 0 Å². The summed E-state index contributed by atoms with van der Waals surface area (Å²) in [5, 5.41) is 0. The van der Waals surface area contributed by atoms with Crippen LogP contribution < -0.4 is 0 Å². The summed E-state index contributed by atoms with van der Waals surface area (Å²) in [6.45, 7) is -0.910. The number of alkyl halides is 3. The van der Waals surface area contributed by atoms with Gasteiger partial charge in [-0.3, -0.25) is 4.18 Å². The Kier molecular flexibility index (Phi) is 20.3. The van der Waals surface area contributed by atoms with Crippen molar-refractivity contribution in [2.45, 2.75) is 100 Å². The Morgan fingerprint density at radius 1 is 0.405 bits per heavy atom. The maximum atomic E-state index is 13.9. The zero-order valence-electron chi connectivity index (χ0n) is 40.8. The summed E-state index contributed by atoms with van der Waals surface area (Å²) in [4.78, 5) is 0. The third-order valence-corrected chi connectivity index (χ3v) is 13.6. The Bertz CT molecular complexity index is 2630. The summed E-state index contributed by atoms with van der Waals surface area (Å²) in [6, 6.07) is 56.5. The van der Waals surface area contributed by atoms with Gasteiger partial charge in [0.2, 0.25) is 0 Å². The van der Waals surface area contributed by atoms with Crippen LogP contribution in [-0.2, 0) is 101 Å². The molecule has 13 nitrogen and oxygen atoms in total. The third kappa shape index (κ3) is 15.6. The predicted molar refractivity (Wildman–Crippen MR) is 266 cm³/mol. The van der Waals surface area contributed by atoms with Gasteiger partial charge in [0, 0.05) is 13.0 Å². The number of ether oxygens (including phenoxy) is 10. The normalized spacial score (nSPS) is 24.4. The molecule has 6 aromatic rings. The molecule has 0 amide bonds. The summed E-state index contributed by atoms with van der Waals surface area (Å²) in [5.41, 5.74) is -0.717. The molecule has 0 spiro atoms. The summed E-state index contributed by atoms with van der Waals surface area (Å²) in [5.74, 6) is -1.23. The highest BCUT2D eigenvalue weighted by Gasteiger charge is 2.54. The van der Waals surface area contributed by atoms with Crippen LogP contribution in [0.4, 0.5) is 13.2 Å². The first-order chi connectivity index (χ1) is 36.0. The minimum Gasteiger partial charge on any atom is -0.374 e. The molecular weight excluding hydrogens is 982 g/mol. The van der Waals surface area contributed by atoms with E-state index in [1.807, 2.05) is 182 Å². The number of benzene rings is 6. The van der Waals surface area contributed by atoms with E-state index < -0.39 is 83.5 Å². The van der Waals surface area contributed by atoms with Gasteiger partial charge in [0.1, 0.15) is 30.5 Å². The van der Waals surface area contributed by atoms with Crippen molar-refractivity contribution in [2.24, 2.45) is 5.92 Å². The zero-order valence-corrected chi connectivity index (χ0v) is 41.6.